The molecule has 240 valence electrons. The third kappa shape index (κ3) is 7.15. The van der Waals surface area contributed by atoms with Crippen LogP contribution in [0.2, 0.25) is 0 Å². The van der Waals surface area contributed by atoms with Gasteiger partial charge in [0.15, 0.2) is 15.6 Å². The van der Waals surface area contributed by atoms with E-state index in [1.807, 2.05) is 6.92 Å². The molecular weight excluding hydrogens is 631 g/mol. The Morgan fingerprint density at radius 1 is 0.822 bits per heavy atom. The van der Waals surface area contributed by atoms with Crippen LogP contribution in [0.1, 0.15) is 47.6 Å². The molecule has 0 saturated heterocycles. The first-order chi connectivity index (χ1) is 20.7. The predicted molar refractivity (Wildman–Crippen MR) is 162 cm³/mol. The SMILES string of the molecule is Cc1cc(C)c(S(=O)(=O)N(Cc2ccc(-c3cccc(S(=O)(=O)CC(=O)O)c3)cc2)C(C)(C)c2ccc(C(F)(F)F)o2)c(C)c1. The maximum atomic E-state index is 14.4. The molecule has 0 atom stereocenters. The summed E-state index contributed by atoms with van der Waals surface area (Å²) in [6.07, 6.45) is -4.76. The van der Waals surface area contributed by atoms with Crippen molar-refractivity contribution in [2.45, 2.75) is 62.7 Å². The molecule has 45 heavy (non-hydrogen) atoms. The van der Waals surface area contributed by atoms with Gasteiger partial charge in [0.05, 0.1) is 15.3 Å². The van der Waals surface area contributed by atoms with E-state index in [-0.39, 0.29) is 22.1 Å². The summed E-state index contributed by atoms with van der Waals surface area (Å²) in [6.45, 7) is 7.86. The Morgan fingerprint density at radius 3 is 1.93 bits per heavy atom. The van der Waals surface area contributed by atoms with Crippen LogP contribution in [0.25, 0.3) is 11.1 Å². The molecule has 0 aliphatic rings. The summed E-state index contributed by atoms with van der Waals surface area (Å²) in [5.41, 5.74) is 1.80. The van der Waals surface area contributed by atoms with Crippen LogP contribution in [0.4, 0.5) is 13.2 Å². The van der Waals surface area contributed by atoms with Gasteiger partial charge < -0.3 is 9.52 Å². The van der Waals surface area contributed by atoms with Crippen LogP contribution in [0.5, 0.6) is 0 Å². The van der Waals surface area contributed by atoms with Crippen LogP contribution >= 0.6 is 0 Å². The number of aryl methyl sites for hydroxylation is 3. The fourth-order valence-corrected chi connectivity index (χ4v) is 8.54. The van der Waals surface area contributed by atoms with Crippen LogP contribution < -0.4 is 0 Å². The van der Waals surface area contributed by atoms with Gasteiger partial charge in [0, 0.05) is 6.54 Å². The zero-order chi connectivity index (χ0) is 33.5. The zero-order valence-electron chi connectivity index (χ0n) is 25.1. The van der Waals surface area contributed by atoms with Crippen LogP contribution in [0.15, 0.2) is 87.0 Å². The zero-order valence-corrected chi connectivity index (χ0v) is 26.8. The number of carbonyl (C=O) groups is 1. The maximum absolute atomic E-state index is 14.4. The highest BCUT2D eigenvalue weighted by Gasteiger charge is 2.44. The summed E-state index contributed by atoms with van der Waals surface area (Å²) in [5, 5.41) is 8.96. The van der Waals surface area contributed by atoms with E-state index in [1.165, 1.54) is 32.0 Å². The summed E-state index contributed by atoms with van der Waals surface area (Å²) in [7, 11) is -8.40. The number of nitrogens with zero attached hydrogens (tertiary/aromatic N) is 1. The average molecular weight is 664 g/mol. The van der Waals surface area contributed by atoms with Crippen LogP contribution in [-0.2, 0) is 42.9 Å². The van der Waals surface area contributed by atoms with E-state index in [1.54, 1.807) is 56.3 Å². The van der Waals surface area contributed by atoms with Gasteiger partial charge in [0.1, 0.15) is 5.76 Å². The minimum atomic E-state index is -4.76. The lowest BCUT2D eigenvalue weighted by Crippen LogP contribution is -2.45. The lowest BCUT2D eigenvalue weighted by Gasteiger charge is -2.37. The van der Waals surface area contributed by atoms with E-state index in [0.29, 0.717) is 27.8 Å². The minimum absolute atomic E-state index is 0.0415. The van der Waals surface area contributed by atoms with Gasteiger partial charge in [-0.05, 0) is 86.7 Å². The van der Waals surface area contributed by atoms with Gasteiger partial charge in [0.2, 0.25) is 15.8 Å². The second kappa shape index (κ2) is 12.1. The Morgan fingerprint density at radius 2 is 1.40 bits per heavy atom. The molecule has 4 aromatic rings. The molecule has 0 unspecified atom stereocenters. The number of aliphatic carboxylic acids is 1. The van der Waals surface area contributed by atoms with Crippen molar-refractivity contribution in [2.75, 3.05) is 5.75 Å². The molecule has 0 bridgehead atoms. The van der Waals surface area contributed by atoms with Crippen molar-refractivity contribution < 1.29 is 44.3 Å². The number of halogens is 3. The van der Waals surface area contributed by atoms with Gasteiger partial charge in [-0.1, -0.05) is 54.1 Å². The van der Waals surface area contributed by atoms with Gasteiger partial charge in [0.25, 0.3) is 0 Å². The first kappa shape index (κ1) is 33.9. The molecule has 0 aliphatic carbocycles. The fraction of sp³-hybridized carbons (Fsp3) is 0.281. The van der Waals surface area contributed by atoms with Crippen molar-refractivity contribution >= 4 is 25.8 Å². The summed E-state index contributed by atoms with van der Waals surface area (Å²) in [6, 6.07) is 17.7. The normalized spacial score (nSPS) is 12.9. The predicted octanol–water partition coefficient (Wildman–Crippen LogP) is 6.88. The highest BCUT2D eigenvalue weighted by molar-refractivity contribution is 7.92. The van der Waals surface area contributed by atoms with Crippen molar-refractivity contribution in [3.05, 3.63) is 107 Å². The number of sulfone groups is 1. The number of carboxylic acids is 1. The summed E-state index contributed by atoms with van der Waals surface area (Å²) in [4.78, 5) is 10.9. The topological polar surface area (TPSA) is 122 Å². The minimum Gasteiger partial charge on any atom is -0.480 e. The molecule has 13 heteroatoms. The molecule has 8 nitrogen and oxygen atoms in total. The summed E-state index contributed by atoms with van der Waals surface area (Å²) >= 11 is 0. The number of hydrogen-bond acceptors (Lipinski definition) is 6. The molecule has 0 saturated carbocycles. The largest absolute Gasteiger partial charge is 0.480 e. The Kier molecular flexibility index (Phi) is 9.13. The highest BCUT2D eigenvalue weighted by atomic mass is 32.2. The van der Waals surface area contributed by atoms with Crippen molar-refractivity contribution in [1.29, 1.82) is 0 Å². The van der Waals surface area contributed by atoms with E-state index in [2.05, 4.69) is 0 Å². The second-order valence-electron chi connectivity index (χ2n) is 11.3. The molecule has 0 radical (unpaired) electrons. The lowest BCUT2D eigenvalue weighted by atomic mass is 10.0. The fourth-order valence-electron chi connectivity index (χ4n) is 5.29. The standard InChI is InChI=1S/C32H32F3NO7S2/c1-20-15-21(2)30(22(3)16-20)45(41,42)36(31(4,5)27-13-14-28(43-27)32(33,34)35)18-23-9-11-24(12-10-23)25-7-6-8-26(17-25)44(39,40)19-29(37)38/h6-17H,18-19H2,1-5H3,(H,37,38). The number of furan rings is 1. The third-order valence-corrected chi connectivity index (χ3v) is 11.3. The van der Waals surface area contributed by atoms with Crippen LogP contribution in [0, 0.1) is 20.8 Å². The van der Waals surface area contributed by atoms with E-state index in [9.17, 15) is 34.8 Å². The second-order valence-corrected chi connectivity index (χ2v) is 15.1. The number of hydrogen-bond donors (Lipinski definition) is 1. The molecule has 3 aromatic carbocycles. The number of alkyl halides is 3. The van der Waals surface area contributed by atoms with Gasteiger partial charge in [-0.15, -0.1) is 0 Å². The number of carboxylic acid groups (broad SMARTS) is 1. The Labute approximate surface area is 260 Å². The molecule has 1 N–H and O–H groups in total. The van der Waals surface area contributed by atoms with Gasteiger partial charge in [-0.2, -0.15) is 17.5 Å². The third-order valence-electron chi connectivity index (χ3n) is 7.38. The van der Waals surface area contributed by atoms with Gasteiger partial charge in [-0.3, -0.25) is 4.79 Å². The van der Waals surface area contributed by atoms with Crippen LogP contribution in [-0.4, -0.2) is 38.0 Å². The Bertz CT molecular complexity index is 1940. The average Bonchev–Trinajstić information content (AvgIpc) is 3.43. The molecule has 1 heterocycles. The Balaban J connectivity index is 1.77. The first-order valence-electron chi connectivity index (χ1n) is 13.7. The number of rotatable bonds is 10. The molecule has 0 amide bonds. The molecule has 0 fully saturated rings. The molecule has 4 rings (SSSR count). The maximum Gasteiger partial charge on any atom is 0.449 e. The van der Waals surface area contributed by atoms with Gasteiger partial charge in [-0.25, -0.2) is 16.8 Å². The summed E-state index contributed by atoms with van der Waals surface area (Å²) < 4.78 is 100. The first-order valence-corrected chi connectivity index (χ1v) is 16.7. The van der Waals surface area contributed by atoms with E-state index in [0.717, 1.165) is 22.0 Å². The van der Waals surface area contributed by atoms with E-state index >= 15 is 0 Å². The quantitative estimate of drug-likeness (QED) is 0.196. The monoisotopic (exact) mass is 663 g/mol. The van der Waals surface area contributed by atoms with Gasteiger partial charge >= 0.3 is 12.1 Å². The van der Waals surface area contributed by atoms with E-state index < -0.39 is 49.1 Å². The van der Waals surface area contributed by atoms with Crippen molar-refractivity contribution in [3.63, 3.8) is 0 Å². The highest BCUT2D eigenvalue weighted by Crippen LogP contribution is 2.40. The van der Waals surface area contributed by atoms with E-state index in [4.69, 9.17) is 9.52 Å². The molecule has 0 spiro atoms. The molecule has 0 aliphatic heterocycles. The number of sulfonamides is 1. The molecular formula is C32H32F3NO7S2. The Hall–Kier alpha value is -3.94. The number of benzene rings is 3. The van der Waals surface area contributed by atoms with Crippen molar-refractivity contribution in [1.82, 2.24) is 4.31 Å². The smallest absolute Gasteiger partial charge is 0.449 e. The lowest BCUT2D eigenvalue weighted by molar-refractivity contribution is -0.154. The van der Waals surface area contributed by atoms with Crippen molar-refractivity contribution in [2.24, 2.45) is 0 Å². The van der Waals surface area contributed by atoms with Crippen LogP contribution in [0.3, 0.4) is 0 Å². The van der Waals surface area contributed by atoms with Crippen molar-refractivity contribution in [3.8, 4) is 11.1 Å². The molecule has 1 aromatic heterocycles. The summed E-state index contributed by atoms with van der Waals surface area (Å²) in [5.74, 6) is -3.98.